The summed E-state index contributed by atoms with van der Waals surface area (Å²) in [6.45, 7) is 3.69. The first kappa shape index (κ1) is 16.4. The van der Waals surface area contributed by atoms with Gasteiger partial charge in [-0.1, -0.05) is 0 Å². The Morgan fingerprint density at radius 3 is 2.24 bits per heavy atom. The van der Waals surface area contributed by atoms with Crippen molar-refractivity contribution in [3.05, 3.63) is 20.4 Å². The van der Waals surface area contributed by atoms with Crippen LogP contribution in [-0.2, 0) is 0 Å². The van der Waals surface area contributed by atoms with Crippen molar-refractivity contribution in [2.45, 2.75) is 6.92 Å². The van der Waals surface area contributed by atoms with Crippen molar-refractivity contribution in [1.82, 2.24) is 0 Å². The molecule has 5 nitrogen and oxygen atoms in total. The zero-order chi connectivity index (χ0) is 12.3. The molecule has 0 spiro atoms. The molecule has 6 heteroatoms. The van der Waals surface area contributed by atoms with Crippen molar-refractivity contribution in [2.75, 3.05) is 46.2 Å². The van der Waals surface area contributed by atoms with Gasteiger partial charge in [-0.15, -0.1) is 0 Å². The van der Waals surface area contributed by atoms with Gasteiger partial charge in [-0.05, 0) is 6.92 Å². The van der Waals surface area contributed by atoms with E-state index in [4.69, 9.17) is 4.74 Å². The minimum Gasteiger partial charge on any atom is -1.00 e. The predicted molar refractivity (Wildman–Crippen MR) is 63.9 cm³/mol. The molecule has 0 radical (unpaired) electrons. The van der Waals surface area contributed by atoms with Crippen molar-refractivity contribution < 1.29 is 33.2 Å². The van der Waals surface area contributed by atoms with Gasteiger partial charge in [0.15, 0.2) is 5.75 Å². The number of hydrogen-bond acceptors (Lipinski definition) is 4. The van der Waals surface area contributed by atoms with Crippen LogP contribution in [0.4, 0.5) is 5.69 Å². The molecule has 1 rings (SSSR count). The number of likely N-dealkylation sites (N-methyl/N-ethyl adjacent to an activating group) is 1. The summed E-state index contributed by atoms with van der Waals surface area (Å²) in [5, 5.41) is 2.96. The average molecular weight is 354 g/mol. The van der Waals surface area contributed by atoms with Gasteiger partial charge in [0.1, 0.15) is 5.69 Å². The van der Waals surface area contributed by atoms with Crippen molar-refractivity contribution in [3.63, 3.8) is 0 Å². The van der Waals surface area contributed by atoms with Crippen LogP contribution in [0.15, 0.2) is 9.59 Å². The van der Waals surface area contributed by atoms with Gasteiger partial charge in [-0.25, -0.2) is 0 Å². The molecule has 0 aliphatic rings. The van der Waals surface area contributed by atoms with E-state index >= 15 is 0 Å². The number of nitrogens with one attached hydrogen (secondary N) is 1. The van der Waals surface area contributed by atoms with Crippen LogP contribution in [-0.4, -0.2) is 45.3 Å². The Bertz CT molecular complexity index is 430. The normalized spacial score (nSPS) is 11.1. The fraction of sp³-hybridized carbons (Fsp3) is 0.636. The van der Waals surface area contributed by atoms with Gasteiger partial charge in [0.2, 0.25) is 0 Å². The highest BCUT2D eigenvalue weighted by molar-refractivity contribution is 5.61. The minimum atomic E-state index is -0.519. The van der Waals surface area contributed by atoms with Crippen LogP contribution < -0.4 is 44.9 Å². The Balaban J connectivity index is 0.00000256. The summed E-state index contributed by atoms with van der Waals surface area (Å²) >= 11 is 0. The zero-order valence-electron chi connectivity index (χ0n) is 10.7. The Hall–Kier alpha value is -0.630. The lowest BCUT2D eigenvalue weighted by Crippen LogP contribution is -3.00. The van der Waals surface area contributed by atoms with Crippen LogP contribution in [0.25, 0.3) is 0 Å². The summed E-state index contributed by atoms with van der Waals surface area (Å²) in [6.07, 6.45) is 0. The monoisotopic (exact) mass is 354 g/mol. The molecule has 0 atom stereocenters. The Morgan fingerprint density at radius 2 is 1.76 bits per heavy atom. The molecule has 0 saturated heterocycles. The molecule has 0 amide bonds. The molecule has 17 heavy (non-hydrogen) atoms. The summed E-state index contributed by atoms with van der Waals surface area (Å²) in [4.78, 5) is 22.4. The SMILES string of the molecule is CCOc1c(NCC[N+](C)(C)C)c(=O)c1=O.[I-]. The van der Waals surface area contributed by atoms with Gasteiger partial charge >= 0.3 is 0 Å². The third kappa shape index (κ3) is 4.27. The van der Waals surface area contributed by atoms with E-state index in [0.29, 0.717) is 18.8 Å². The second kappa shape index (κ2) is 6.34. The number of halogens is 1. The fourth-order valence-corrected chi connectivity index (χ4v) is 1.33. The quantitative estimate of drug-likeness (QED) is 0.332. The van der Waals surface area contributed by atoms with E-state index in [1.54, 1.807) is 6.92 Å². The number of nitrogens with zero attached hydrogens (tertiary/aromatic N) is 1. The van der Waals surface area contributed by atoms with E-state index in [1.807, 2.05) is 0 Å². The molecular weight excluding hydrogens is 335 g/mol. The molecule has 1 aromatic carbocycles. The molecule has 0 fully saturated rings. The van der Waals surface area contributed by atoms with Gasteiger partial charge in [-0.3, -0.25) is 9.59 Å². The van der Waals surface area contributed by atoms with E-state index in [9.17, 15) is 9.59 Å². The first-order valence-electron chi connectivity index (χ1n) is 5.37. The molecule has 0 aromatic heterocycles. The number of quaternary nitrogens is 1. The highest BCUT2D eigenvalue weighted by Gasteiger charge is 2.22. The molecule has 98 valence electrons. The van der Waals surface area contributed by atoms with Crippen LogP contribution in [0.5, 0.6) is 5.75 Å². The van der Waals surface area contributed by atoms with Gasteiger partial charge in [0, 0.05) is 0 Å². The van der Waals surface area contributed by atoms with Crippen molar-refractivity contribution >= 4 is 5.69 Å². The lowest BCUT2D eigenvalue weighted by atomic mass is 10.2. The summed E-state index contributed by atoms with van der Waals surface area (Å²) in [5.41, 5.74) is -0.653. The second-order valence-corrected chi connectivity index (χ2v) is 4.74. The molecule has 0 heterocycles. The highest BCUT2D eigenvalue weighted by Crippen LogP contribution is 2.16. The van der Waals surface area contributed by atoms with Gasteiger partial charge < -0.3 is 38.5 Å². The maximum Gasteiger partial charge on any atom is 0.272 e. The van der Waals surface area contributed by atoms with Crippen LogP contribution in [0, 0.1) is 0 Å². The van der Waals surface area contributed by atoms with E-state index in [0.717, 1.165) is 11.0 Å². The highest BCUT2D eigenvalue weighted by atomic mass is 127. The van der Waals surface area contributed by atoms with Crippen molar-refractivity contribution in [3.8, 4) is 5.75 Å². The summed E-state index contributed by atoms with van der Waals surface area (Å²) in [5.74, 6) is 0.189. The molecule has 0 aliphatic heterocycles. The van der Waals surface area contributed by atoms with Crippen LogP contribution in [0.3, 0.4) is 0 Å². The summed E-state index contributed by atoms with van der Waals surface area (Å²) in [6, 6.07) is 0. The van der Waals surface area contributed by atoms with Crippen molar-refractivity contribution in [1.29, 1.82) is 0 Å². The molecule has 0 bridgehead atoms. The molecular formula is C11H19IN2O3. The molecule has 1 aromatic rings. The number of rotatable bonds is 6. The van der Waals surface area contributed by atoms with Gasteiger partial charge in [0.05, 0.1) is 40.8 Å². The zero-order valence-corrected chi connectivity index (χ0v) is 12.8. The first-order chi connectivity index (χ1) is 7.37. The van der Waals surface area contributed by atoms with Crippen LogP contribution in [0.1, 0.15) is 6.92 Å². The predicted octanol–water partition coefficient (Wildman–Crippen LogP) is -3.20. The van der Waals surface area contributed by atoms with E-state index in [1.165, 1.54) is 0 Å². The summed E-state index contributed by atoms with van der Waals surface area (Å²) in [7, 11) is 6.19. The Labute approximate surface area is 118 Å². The second-order valence-electron chi connectivity index (χ2n) is 4.74. The average Bonchev–Trinajstić information content (AvgIpc) is 2.20. The smallest absolute Gasteiger partial charge is 0.272 e. The first-order valence-corrected chi connectivity index (χ1v) is 5.37. The maximum absolute atomic E-state index is 11.2. The van der Waals surface area contributed by atoms with E-state index < -0.39 is 10.9 Å². The number of ether oxygens (including phenoxy) is 1. The van der Waals surface area contributed by atoms with Crippen molar-refractivity contribution in [2.24, 2.45) is 0 Å². The Morgan fingerprint density at radius 1 is 1.18 bits per heavy atom. The Kier molecular flexibility index (Phi) is 6.11. The standard InChI is InChI=1S/C11H18N2O3.HI/c1-5-16-11-8(9(14)10(11)15)12-6-7-13(2,3)4;/h5-7H2,1-4H3;1H. The van der Waals surface area contributed by atoms with Crippen LogP contribution >= 0.6 is 0 Å². The molecule has 0 aliphatic carbocycles. The topological polar surface area (TPSA) is 55.4 Å². The van der Waals surface area contributed by atoms with Crippen LogP contribution in [0.2, 0.25) is 0 Å². The molecule has 1 N–H and O–H groups in total. The largest absolute Gasteiger partial charge is 1.00 e. The van der Waals surface area contributed by atoms with Gasteiger partial charge in [0.25, 0.3) is 10.9 Å². The van der Waals surface area contributed by atoms with E-state index in [2.05, 4.69) is 26.5 Å². The summed E-state index contributed by atoms with van der Waals surface area (Å²) < 4.78 is 5.90. The molecule has 0 unspecified atom stereocenters. The van der Waals surface area contributed by atoms with Gasteiger partial charge in [-0.2, -0.15) is 0 Å². The third-order valence-corrected chi connectivity index (χ3v) is 2.24. The fourth-order valence-electron chi connectivity index (χ4n) is 1.33. The minimum absolute atomic E-state index is 0. The maximum atomic E-state index is 11.2. The third-order valence-electron chi connectivity index (χ3n) is 2.24. The number of anilines is 1. The lowest BCUT2D eigenvalue weighted by molar-refractivity contribution is -0.868. The van der Waals surface area contributed by atoms with E-state index in [-0.39, 0.29) is 29.7 Å². The number of hydrogen-bond donors (Lipinski definition) is 1. The molecule has 0 saturated carbocycles. The lowest BCUT2D eigenvalue weighted by Gasteiger charge is -2.24.